The summed E-state index contributed by atoms with van der Waals surface area (Å²) >= 11 is 1.65. The lowest BCUT2D eigenvalue weighted by molar-refractivity contribution is 0.249. The molecule has 4 nitrogen and oxygen atoms in total. The minimum Gasteiger partial charge on any atom is -0.346 e. The fraction of sp³-hybridized carbons (Fsp3) is 0.333. The summed E-state index contributed by atoms with van der Waals surface area (Å²) in [6.45, 7) is 4.36. The van der Waals surface area contributed by atoms with Crippen LogP contribution in [-0.2, 0) is 6.54 Å². The quantitative estimate of drug-likeness (QED) is 0.873. The highest BCUT2D eigenvalue weighted by molar-refractivity contribution is 7.13. The van der Waals surface area contributed by atoms with Gasteiger partial charge < -0.3 is 4.90 Å². The van der Waals surface area contributed by atoms with Crippen molar-refractivity contribution in [2.45, 2.75) is 6.54 Å². The predicted octanol–water partition coefficient (Wildman–Crippen LogP) is 2.48. The minimum absolute atomic E-state index is 0.342. The standard InChI is InChI=1S/C15H15FN4S/c16-14-8-12(10-17)7-13(9-14)11-19-2-4-20(5-3-19)15-18-1-6-21-15/h1,6-9H,2-5,11H2. The molecule has 0 saturated carbocycles. The summed E-state index contributed by atoms with van der Waals surface area (Å²) in [5.41, 5.74) is 1.24. The number of rotatable bonds is 3. The lowest BCUT2D eigenvalue weighted by Gasteiger charge is -2.34. The third-order valence-corrected chi connectivity index (χ3v) is 4.39. The van der Waals surface area contributed by atoms with E-state index in [1.165, 1.54) is 12.1 Å². The molecule has 0 unspecified atom stereocenters. The van der Waals surface area contributed by atoms with Crippen LogP contribution in [0.3, 0.4) is 0 Å². The second kappa shape index (κ2) is 6.20. The van der Waals surface area contributed by atoms with E-state index in [2.05, 4.69) is 14.8 Å². The summed E-state index contributed by atoms with van der Waals surface area (Å²) in [5, 5.41) is 11.9. The van der Waals surface area contributed by atoms with Crippen LogP contribution in [0.4, 0.5) is 9.52 Å². The van der Waals surface area contributed by atoms with E-state index in [0.717, 1.165) is 36.9 Å². The van der Waals surface area contributed by atoms with Crippen molar-refractivity contribution in [3.05, 3.63) is 46.7 Å². The summed E-state index contributed by atoms with van der Waals surface area (Å²) in [6.07, 6.45) is 1.82. The summed E-state index contributed by atoms with van der Waals surface area (Å²) < 4.78 is 13.4. The number of hydrogen-bond acceptors (Lipinski definition) is 5. The van der Waals surface area contributed by atoms with Crippen molar-refractivity contribution < 1.29 is 4.39 Å². The van der Waals surface area contributed by atoms with Gasteiger partial charge in [0.1, 0.15) is 5.82 Å². The van der Waals surface area contributed by atoms with Gasteiger partial charge in [-0.25, -0.2) is 9.37 Å². The van der Waals surface area contributed by atoms with E-state index in [1.54, 1.807) is 17.4 Å². The number of halogens is 1. The highest BCUT2D eigenvalue weighted by atomic mass is 32.1. The zero-order valence-electron chi connectivity index (χ0n) is 11.5. The minimum atomic E-state index is -0.342. The van der Waals surface area contributed by atoms with Gasteiger partial charge in [-0.3, -0.25) is 4.90 Å². The van der Waals surface area contributed by atoms with E-state index < -0.39 is 0 Å². The van der Waals surface area contributed by atoms with E-state index >= 15 is 0 Å². The Bertz CT molecular complexity index is 642. The number of benzene rings is 1. The van der Waals surface area contributed by atoms with Crippen LogP contribution in [0.2, 0.25) is 0 Å². The van der Waals surface area contributed by atoms with Gasteiger partial charge in [0.05, 0.1) is 11.6 Å². The van der Waals surface area contributed by atoms with Gasteiger partial charge in [0.25, 0.3) is 0 Å². The highest BCUT2D eigenvalue weighted by Crippen LogP contribution is 2.20. The van der Waals surface area contributed by atoms with Crippen LogP contribution in [0.25, 0.3) is 0 Å². The number of nitrogens with zero attached hydrogens (tertiary/aromatic N) is 4. The number of aromatic nitrogens is 1. The Balaban J connectivity index is 1.61. The Hall–Kier alpha value is -1.97. The molecular formula is C15H15FN4S. The molecule has 21 heavy (non-hydrogen) atoms. The lowest BCUT2D eigenvalue weighted by Crippen LogP contribution is -2.45. The number of nitriles is 1. The molecule has 1 aromatic carbocycles. The van der Waals surface area contributed by atoms with E-state index in [-0.39, 0.29) is 5.82 Å². The average molecular weight is 302 g/mol. The van der Waals surface area contributed by atoms with Gasteiger partial charge >= 0.3 is 0 Å². The average Bonchev–Trinajstić information content (AvgIpc) is 3.01. The molecule has 2 aromatic rings. The molecule has 1 saturated heterocycles. The van der Waals surface area contributed by atoms with Crippen molar-refractivity contribution >= 4 is 16.5 Å². The van der Waals surface area contributed by atoms with Gasteiger partial charge in [0.2, 0.25) is 0 Å². The monoisotopic (exact) mass is 302 g/mol. The Morgan fingerprint density at radius 2 is 2.05 bits per heavy atom. The van der Waals surface area contributed by atoms with Crippen molar-refractivity contribution in [1.82, 2.24) is 9.88 Å². The molecule has 0 bridgehead atoms. The third-order valence-electron chi connectivity index (χ3n) is 3.55. The molecule has 0 atom stereocenters. The maximum Gasteiger partial charge on any atom is 0.185 e. The topological polar surface area (TPSA) is 43.2 Å². The molecular weight excluding hydrogens is 287 g/mol. The van der Waals surface area contributed by atoms with Gasteiger partial charge in [-0.05, 0) is 23.8 Å². The lowest BCUT2D eigenvalue weighted by atomic mass is 10.1. The Morgan fingerprint density at radius 1 is 1.24 bits per heavy atom. The van der Waals surface area contributed by atoms with Crippen molar-refractivity contribution in [2.75, 3.05) is 31.1 Å². The Morgan fingerprint density at radius 3 is 2.71 bits per heavy atom. The highest BCUT2D eigenvalue weighted by Gasteiger charge is 2.18. The maximum atomic E-state index is 13.4. The van der Waals surface area contributed by atoms with Crippen LogP contribution < -0.4 is 4.90 Å². The van der Waals surface area contributed by atoms with E-state index in [0.29, 0.717) is 12.1 Å². The van der Waals surface area contributed by atoms with Crippen LogP contribution in [0, 0.1) is 17.1 Å². The first kappa shape index (κ1) is 14.0. The van der Waals surface area contributed by atoms with Crippen LogP contribution in [0.1, 0.15) is 11.1 Å². The summed E-state index contributed by atoms with van der Waals surface area (Å²) in [5.74, 6) is -0.342. The fourth-order valence-corrected chi connectivity index (χ4v) is 3.23. The van der Waals surface area contributed by atoms with Gasteiger partial charge in [0, 0.05) is 44.3 Å². The predicted molar refractivity (Wildman–Crippen MR) is 80.7 cm³/mol. The SMILES string of the molecule is N#Cc1cc(F)cc(CN2CCN(c3nccs3)CC2)c1. The zero-order chi connectivity index (χ0) is 14.7. The van der Waals surface area contributed by atoms with Gasteiger partial charge in [-0.2, -0.15) is 5.26 Å². The first-order valence-corrected chi connectivity index (χ1v) is 7.69. The number of piperazine rings is 1. The first-order chi connectivity index (χ1) is 10.2. The van der Waals surface area contributed by atoms with Crippen molar-refractivity contribution in [2.24, 2.45) is 0 Å². The van der Waals surface area contributed by atoms with Crippen LogP contribution in [-0.4, -0.2) is 36.1 Å². The van der Waals surface area contributed by atoms with Gasteiger partial charge in [-0.1, -0.05) is 0 Å². The van der Waals surface area contributed by atoms with Gasteiger partial charge in [0.15, 0.2) is 5.13 Å². The largest absolute Gasteiger partial charge is 0.346 e. The summed E-state index contributed by atoms with van der Waals surface area (Å²) in [6, 6.07) is 6.53. The van der Waals surface area contributed by atoms with Crippen LogP contribution >= 0.6 is 11.3 Å². The van der Waals surface area contributed by atoms with Gasteiger partial charge in [-0.15, -0.1) is 11.3 Å². The van der Waals surface area contributed by atoms with Crippen molar-refractivity contribution in [3.63, 3.8) is 0 Å². The zero-order valence-corrected chi connectivity index (χ0v) is 12.3. The molecule has 0 amide bonds. The molecule has 2 heterocycles. The summed E-state index contributed by atoms with van der Waals surface area (Å²) in [7, 11) is 0. The molecule has 0 N–H and O–H groups in total. The normalized spacial score (nSPS) is 15.9. The Kier molecular flexibility index (Phi) is 4.13. The second-order valence-electron chi connectivity index (χ2n) is 5.04. The molecule has 108 valence electrons. The molecule has 1 aliphatic rings. The number of thiazole rings is 1. The Labute approximate surface area is 127 Å². The van der Waals surface area contributed by atoms with Crippen LogP contribution in [0.15, 0.2) is 29.8 Å². The molecule has 0 aliphatic carbocycles. The molecule has 1 aromatic heterocycles. The van der Waals surface area contributed by atoms with E-state index in [9.17, 15) is 4.39 Å². The summed E-state index contributed by atoms with van der Waals surface area (Å²) in [4.78, 5) is 8.87. The van der Waals surface area contributed by atoms with Crippen LogP contribution in [0.5, 0.6) is 0 Å². The van der Waals surface area contributed by atoms with E-state index in [4.69, 9.17) is 5.26 Å². The molecule has 3 rings (SSSR count). The fourth-order valence-electron chi connectivity index (χ4n) is 2.53. The molecule has 0 radical (unpaired) electrons. The van der Waals surface area contributed by atoms with Crippen molar-refractivity contribution in [3.8, 4) is 6.07 Å². The third kappa shape index (κ3) is 3.38. The molecule has 6 heteroatoms. The van der Waals surface area contributed by atoms with Crippen molar-refractivity contribution in [1.29, 1.82) is 5.26 Å². The maximum absolute atomic E-state index is 13.4. The first-order valence-electron chi connectivity index (χ1n) is 6.81. The molecule has 1 fully saturated rings. The smallest absolute Gasteiger partial charge is 0.185 e. The number of anilines is 1. The van der Waals surface area contributed by atoms with E-state index in [1.807, 2.05) is 17.6 Å². The molecule has 0 spiro atoms. The molecule has 1 aliphatic heterocycles. The second-order valence-corrected chi connectivity index (χ2v) is 5.91. The number of hydrogen-bond donors (Lipinski definition) is 0.